The van der Waals surface area contributed by atoms with Crippen molar-refractivity contribution < 1.29 is 0 Å². The second kappa shape index (κ2) is 9.90. The van der Waals surface area contributed by atoms with E-state index < -0.39 is 0 Å². The molecule has 31 heavy (non-hydrogen) atoms. The Hall–Kier alpha value is -3.66. The van der Waals surface area contributed by atoms with E-state index in [4.69, 9.17) is 0 Å². The molecule has 0 saturated carbocycles. The second-order valence-electron chi connectivity index (χ2n) is 7.43. The van der Waals surface area contributed by atoms with Crippen molar-refractivity contribution in [3.63, 3.8) is 0 Å². The molecule has 0 saturated heterocycles. The van der Waals surface area contributed by atoms with Crippen molar-refractivity contribution in [2.45, 2.75) is 13.8 Å². The molecule has 0 spiro atoms. The molecule has 0 fully saturated rings. The predicted octanol–water partition coefficient (Wildman–Crippen LogP) is 5.83. The molecule has 4 rings (SSSR count). The number of hydrogen-bond donors (Lipinski definition) is 2. The highest BCUT2D eigenvalue weighted by molar-refractivity contribution is 5.77. The summed E-state index contributed by atoms with van der Waals surface area (Å²) in [4.78, 5) is 4.60. The Kier molecular flexibility index (Phi) is 6.58. The van der Waals surface area contributed by atoms with Crippen molar-refractivity contribution in [1.29, 1.82) is 0 Å². The Morgan fingerprint density at radius 1 is 0.710 bits per heavy atom. The van der Waals surface area contributed by atoms with Gasteiger partial charge in [-0.3, -0.25) is 0 Å². The van der Waals surface area contributed by atoms with Crippen LogP contribution in [-0.4, -0.2) is 24.7 Å². The monoisotopic (exact) mass is 410 g/mol. The number of nitrogens with zero attached hydrogens (tertiary/aromatic N) is 2. The summed E-state index contributed by atoms with van der Waals surface area (Å²) in [7, 11) is 0. The van der Waals surface area contributed by atoms with Gasteiger partial charge in [0.15, 0.2) is 0 Å². The second-order valence-corrected chi connectivity index (χ2v) is 7.43. The van der Waals surface area contributed by atoms with Crippen molar-refractivity contribution in [1.82, 2.24) is 15.5 Å². The summed E-state index contributed by atoms with van der Waals surface area (Å²) in [6, 6.07) is 29.7. The summed E-state index contributed by atoms with van der Waals surface area (Å²) < 4.78 is 0. The fourth-order valence-electron chi connectivity index (χ4n) is 3.85. The van der Waals surface area contributed by atoms with Gasteiger partial charge in [0.25, 0.3) is 0 Å². The van der Waals surface area contributed by atoms with Crippen LogP contribution in [0.25, 0.3) is 6.08 Å². The molecule has 0 radical (unpaired) electrons. The molecule has 1 heterocycles. The van der Waals surface area contributed by atoms with Gasteiger partial charge in [0.2, 0.25) is 0 Å². The van der Waals surface area contributed by atoms with Crippen LogP contribution >= 0.6 is 0 Å². The third-order valence-corrected chi connectivity index (χ3v) is 5.46. The summed E-state index contributed by atoms with van der Waals surface area (Å²) in [5, 5.41) is 6.85. The molecule has 0 aromatic heterocycles. The maximum Gasteiger partial charge on any atom is 0.105 e. The van der Waals surface area contributed by atoms with E-state index in [-0.39, 0.29) is 0 Å². The molecule has 3 aromatic rings. The van der Waals surface area contributed by atoms with Crippen LogP contribution in [0.1, 0.15) is 19.4 Å². The SMILES string of the molecule is CCN(CC)C1=C/C(=C\c2ccc(N(c3ccccc3)c3ccccc3)cc2)NCN1. The maximum atomic E-state index is 3.43. The van der Waals surface area contributed by atoms with Gasteiger partial charge in [0.1, 0.15) is 5.82 Å². The zero-order chi connectivity index (χ0) is 21.5. The van der Waals surface area contributed by atoms with E-state index in [9.17, 15) is 0 Å². The molecule has 0 aliphatic carbocycles. The highest BCUT2D eigenvalue weighted by atomic mass is 15.3. The van der Waals surface area contributed by atoms with Crippen molar-refractivity contribution in [2.75, 3.05) is 24.7 Å². The molecular weight excluding hydrogens is 380 g/mol. The molecule has 4 nitrogen and oxygen atoms in total. The first-order chi connectivity index (χ1) is 15.3. The van der Waals surface area contributed by atoms with Gasteiger partial charge in [-0.05, 0) is 61.9 Å². The Labute approximate surface area is 185 Å². The smallest absolute Gasteiger partial charge is 0.105 e. The van der Waals surface area contributed by atoms with Crippen LogP contribution in [0.15, 0.2) is 103 Å². The number of hydrogen-bond acceptors (Lipinski definition) is 4. The van der Waals surface area contributed by atoms with E-state index in [1.54, 1.807) is 0 Å². The van der Waals surface area contributed by atoms with Crippen LogP contribution in [0.4, 0.5) is 17.1 Å². The van der Waals surface area contributed by atoms with Crippen LogP contribution in [0.5, 0.6) is 0 Å². The van der Waals surface area contributed by atoms with E-state index in [1.165, 1.54) is 11.4 Å². The number of benzene rings is 3. The molecule has 0 atom stereocenters. The lowest BCUT2D eigenvalue weighted by molar-refractivity contribution is 0.344. The molecule has 3 aromatic carbocycles. The number of allylic oxidation sites excluding steroid dienone is 1. The fraction of sp³-hybridized carbons (Fsp3) is 0.185. The van der Waals surface area contributed by atoms with Crippen molar-refractivity contribution in [2.24, 2.45) is 0 Å². The summed E-state index contributed by atoms with van der Waals surface area (Å²) in [6.45, 7) is 7.09. The minimum Gasteiger partial charge on any atom is -0.368 e. The average Bonchev–Trinajstić information content (AvgIpc) is 2.83. The van der Waals surface area contributed by atoms with Gasteiger partial charge >= 0.3 is 0 Å². The first kappa shape index (κ1) is 20.6. The average molecular weight is 411 g/mol. The first-order valence-corrected chi connectivity index (χ1v) is 10.9. The first-order valence-electron chi connectivity index (χ1n) is 10.9. The zero-order valence-electron chi connectivity index (χ0n) is 18.3. The van der Waals surface area contributed by atoms with Gasteiger partial charge < -0.3 is 20.4 Å². The van der Waals surface area contributed by atoms with Gasteiger partial charge in [0.05, 0.1) is 6.67 Å². The normalized spacial score (nSPS) is 14.4. The van der Waals surface area contributed by atoms with Gasteiger partial charge in [0, 0.05) is 41.9 Å². The Balaban J connectivity index is 1.62. The van der Waals surface area contributed by atoms with E-state index in [0.717, 1.165) is 42.5 Å². The molecule has 158 valence electrons. The van der Waals surface area contributed by atoms with Crippen LogP contribution in [0.2, 0.25) is 0 Å². The quantitative estimate of drug-likeness (QED) is 0.513. The van der Waals surface area contributed by atoms with Crippen molar-refractivity contribution in [3.05, 3.63) is 108 Å². The molecule has 0 unspecified atom stereocenters. The Bertz CT molecular complexity index is 980. The fourth-order valence-corrected chi connectivity index (χ4v) is 3.85. The lowest BCUT2D eigenvalue weighted by Gasteiger charge is -2.29. The standard InChI is InChI=1S/C27H30N4/c1-3-30(4-2)27-20-23(28-21-29-27)19-22-15-17-26(18-16-22)31(24-11-7-5-8-12-24)25-13-9-6-10-14-25/h5-20,28-29H,3-4,21H2,1-2H3/b23-19+. The predicted molar refractivity (Wildman–Crippen MR) is 131 cm³/mol. The van der Waals surface area contributed by atoms with Crippen molar-refractivity contribution in [3.8, 4) is 0 Å². The minimum atomic E-state index is 0.738. The molecule has 4 heteroatoms. The third-order valence-electron chi connectivity index (χ3n) is 5.46. The summed E-state index contributed by atoms with van der Waals surface area (Å²) >= 11 is 0. The molecular formula is C27H30N4. The van der Waals surface area contributed by atoms with Crippen molar-refractivity contribution >= 4 is 23.1 Å². The minimum absolute atomic E-state index is 0.738. The molecule has 1 aliphatic heterocycles. The topological polar surface area (TPSA) is 30.5 Å². The molecule has 2 N–H and O–H groups in total. The van der Waals surface area contributed by atoms with Gasteiger partial charge in [-0.2, -0.15) is 0 Å². The van der Waals surface area contributed by atoms with Gasteiger partial charge in [-0.25, -0.2) is 0 Å². The van der Waals surface area contributed by atoms with E-state index >= 15 is 0 Å². The Morgan fingerprint density at radius 2 is 1.26 bits per heavy atom. The summed E-state index contributed by atoms with van der Waals surface area (Å²) in [6.07, 6.45) is 4.38. The van der Waals surface area contributed by atoms with Gasteiger partial charge in [-0.15, -0.1) is 0 Å². The van der Waals surface area contributed by atoms with Crippen LogP contribution in [0, 0.1) is 0 Å². The number of anilines is 3. The highest BCUT2D eigenvalue weighted by Crippen LogP contribution is 2.34. The highest BCUT2D eigenvalue weighted by Gasteiger charge is 2.12. The molecule has 0 bridgehead atoms. The van der Waals surface area contributed by atoms with E-state index in [0.29, 0.717) is 0 Å². The van der Waals surface area contributed by atoms with E-state index in [1.807, 2.05) is 12.1 Å². The Morgan fingerprint density at radius 3 is 1.81 bits per heavy atom. The van der Waals surface area contributed by atoms with E-state index in [2.05, 4.69) is 119 Å². The number of para-hydroxylation sites is 2. The summed E-state index contributed by atoms with van der Waals surface area (Å²) in [5.41, 5.74) is 5.72. The molecule has 0 amide bonds. The van der Waals surface area contributed by atoms with Crippen LogP contribution in [0.3, 0.4) is 0 Å². The third kappa shape index (κ3) is 4.92. The maximum absolute atomic E-state index is 3.43. The number of nitrogens with one attached hydrogen (secondary N) is 2. The van der Waals surface area contributed by atoms with Gasteiger partial charge in [-0.1, -0.05) is 48.5 Å². The summed E-state index contributed by atoms with van der Waals surface area (Å²) in [5.74, 6) is 1.17. The largest absolute Gasteiger partial charge is 0.368 e. The van der Waals surface area contributed by atoms with Crippen LogP contribution < -0.4 is 15.5 Å². The zero-order valence-corrected chi connectivity index (χ0v) is 18.3. The number of rotatable bonds is 7. The lowest BCUT2D eigenvalue weighted by Crippen LogP contribution is -2.40. The molecule has 1 aliphatic rings. The van der Waals surface area contributed by atoms with Crippen LogP contribution in [-0.2, 0) is 0 Å². The lowest BCUT2D eigenvalue weighted by atomic mass is 10.1.